The van der Waals surface area contributed by atoms with Crippen molar-refractivity contribution >= 4 is 42.4 Å². The van der Waals surface area contributed by atoms with Crippen molar-refractivity contribution in [1.82, 2.24) is 0 Å². The van der Waals surface area contributed by atoms with Crippen LogP contribution in [0.15, 0.2) is 41.3 Å². The third-order valence-corrected chi connectivity index (χ3v) is 4.88. The van der Waals surface area contributed by atoms with Crippen LogP contribution in [0, 0.1) is 17.5 Å². The quantitative estimate of drug-likeness (QED) is 0.418. The van der Waals surface area contributed by atoms with E-state index in [2.05, 4.69) is 0 Å². The number of halogens is 3. The van der Waals surface area contributed by atoms with Gasteiger partial charge in [-0.2, -0.15) is 8.42 Å². The van der Waals surface area contributed by atoms with Gasteiger partial charge < -0.3 is 0 Å². The molecule has 0 aliphatic rings. The molecule has 0 amide bonds. The standard InChI is InChI=1S/C16H7F3O3S/c17-10-6-8-3-1-2-7-4-5-9-12(11(7)8)13(10)14(18)15(19)16(9)23(20,21)22/h1-6H,(H,20,21,22). The minimum Gasteiger partial charge on any atom is -0.282 e. The second-order valence-corrected chi connectivity index (χ2v) is 6.59. The van der Waals surface area contributed by atoms with E-state index in [0.29, 0.717) is 16.2 Å². The van der Waals surface area contributed by atoms with Crippen molar-refractivity contribution in [3.8, 4) is 0 Å². The Morgan fingerprint density at radius 2 is 1.52 bits per heavy atom. The molecule has 0 saturated carbocycles. The molecular formula is C16H7F3O3S. The third-order valence-electron chi connectivity index (χ3n) is 3.96. The Morgan fingerprint density at radius 1 is 0.826 bits per heavy atom. The van der Waals surface area contributed by atoms with Gasteiger partial charge in [0.2, 0.25) is 0 Å². The highest BCUT2D eigenvalue weighted by Crippen LogP contribution is 2.41. The van der Waals surface area contributed by atoms with E-state index in [4.69, 9.17) is 0 Å². The summed E-state index contributed by atoms with van der Waals surface area (Å²) in [6, 6.07) is 8.75. The van der Waals surface area contributed by atoms with Crippen LogP contribution in [0.5, 0.6) is 0 Å². The molecule has 0 saturated heterocycles. The number of rotatable bonds is 1. The normalized spacial score (nSPS) is 12.7. The highest BCUT2D eigenvalue weighted by atomic mass is 32.2. The fourth-order valence-corrected chi connectivity index (χ4v) is 3.86. The lowest BCUT2D eigenvalue weighted by atomic mass is 9.93. The van der Waals surface area contributed by atoms with Crippen LogP contribution >= 0.6 is 0 Å². The molecule has 0 aliphatic carbocycles. The molecular weight excluding hydrogens is 329 g/mol. The molecule has 0 fully saturated rings. The highest BCUT2D eigenvalue weighted by molar-refractivity contribution is 7.86. The lowest BCUT2D eigenvalue weighted by Crippen LogP contribution is -2.07. The zero-order chi connectivity index (χ0) is 16.5. The third kappa shape index (κ3) is 1.77. The van der Waals surface area contributed by atoms with Crippen LogP contribution in [0.1, 0.15) is 0 Å². The topological polar surface area (TPSA) is 54.4 Å². The van der Waals surface area contributed by atoms with E-state index >= 15 is 0 Å². The Hall–Kier alpha value is -2.38. The van der Waals surface area contributed by atoms with E-state index in [1.54, 1.807) is 18.2 Å². The molecule has 1 N–H and O–H groups in total. The summed E-state index contributed by atoms with van der Waals surface area (Å²) in [7, 11) is -5.03. The molecule has 4 aromatic carbocycles. The average Bonchev–Trinajstić information content (AvgIpc) is 2.47. The summed E-state index contributed by atoms with van der Waals surface area (Å²) < 4.78 is 75.0. The zero-order valence-corrected chi connectivity index (χ0v) is 12.1. The molecule has 0 radical (unpaired) electrons. The fraction of sp³-hybridized carbons (Fsp3) is 0. The van der Waals surface area contributed by atoms with Crippen molar-refractivity contribution in [2.24, 2.45) is 0 Å². The first-order valence-electron chi connectivity index (χ1n) is 6.52. The number of hydrogen-bond acceptors (Lipinski definition) is 2. The minimum atomic E-state index is -5.03. The predicted octanol–water partition coefficient (Wildman–Crippen LogP) is 4.25. The Kier molecular flexibility index (Phi) is 2.68. The lowest BCUT2D eigenvalue weighted by Gasteiger charge is -2.15. The van der Waals surface area contributed by atoms with E-state index in [1.807, 2.05) is 0 Å². The van der Waals surface area contributed by atoms with Crippen molar-refractivity contribution in [2.75, 3.05) is 0 Å². The highest BCUT2D eigenvalue weighted by Gasteiger charge is 2.28. The maximum Gasteiger partial charge on any atom is 0.298 e. The molecule has 116 valence electrons. The second kappa shape index (κ2) is 4.33. The number of benzene rings is 4. The van der Waals surface area contributed by atoms with Crippen molar-refractivity contribution in [3.63, 3.8) is 0 Å². The number of hydrogen-bond donors (Lipinski definition) is 1. The van der Waals surface area contributed by atoms with Crippen molar-refractivity contribution in [3.05, 3.63) is 53.8 Å². The van der Waals surface area contributed by atoms with E-state index < -0.39 is 37.9 Å². The first kappa shape index (κ1) is 14.2. The van der Waals surface area contributed by atoms with Gasteiger partial charge in [0.25, 0.3) is 10.1 Å². The van der Waals surface area contributed by atoms with Gasteiger partial charge in [0.15, 0.2) is 11.6 Å². The van der Waals surface area contributed by atoms with Gasteiger partial charge in [0.1, 0.15) is 10.7 Å². The molecule has 0 spiro atoms. The van der Waals surface area contributed by atoms with Gasteiger partial charge >= 0.3 is 0 Å². The van der Waals surface area contributed by atoms with E-state index in [0.717, 1.165) is 6.07 Å². The molecule has 0 atom stereocenters. The van der Waals surface area contributed by atoms with Gasteiger partial charge in [-0.25, -0.2) is 13.2 Å². The maximum atomic E-state index is 14.3. The summed E-state index contributed by atoms with van der Waals surface area (Å²) in [6.45, 7) is 0. The van der Waals surface area contributed by atoms with Crippen molar-refractivity contribution in [2.45, 2.75) is 4.90 Å². The summed E-state index contributed by atoms with van der Waals surface area (Å²) in [5.74, 6) is -4.43. The van der Waals surface area contributed by atoms with Gasteiger partial charge in [0.05, 0.1) is 5.39 Å². The molecule has 7 heteroatoms. The second-order valence-electron chi connectivity index (χ2n) is 5.23. The maximum absolute atomic E-state index is 14.3. The Balaban J connectivity index is 2.49. The van der Waals surface area contributed by atoms with Crippen LogP contribution in [0.25, 0.3) is 32.3 Å². The summed E-state index contributed by atoms with van der Waals surface area (Å²) in [6.07, 6.45) is 0. The molecule has 4 aromatic rings. The first-order valence-corrected chi connectivity index (χ1v) is 7.96. The molecule has 0 bridgehead atoms. The Morgan fingerprint density at radius 3 is 2.22 bits per heavy atom. The van der Waals surface area contributed by atoms with Gasteiger partial charge in [-0.15, -0.1) is 0 Å². The smallest absolute Gasteiger partial charge is 0.282 e. The van der Waals surface area contributed by atoms with Gasteiger partial charge in [-0.1, -0.05) is 30.3 Å². The fourth-order valence-electron chi connectivity index (χ4n) is 3.10. The molecule has 3 nitrogen and oxygen atoms in total. The lowest BCUT2D eigenvalue weighted by molar-refractivity contribution is 0.458. The molecule has 0 heterocycles. The minimum absolute atomic E-state index is 0.0652. The first-order chi connectivity index (χ1) is 10.8. The monoisotopic (exact) mass is 336 g/mol. The summed E-state index contributed by atoms with van der Waals surface area (Å²) in [5, 5.41) is 0.492. The average molecular weight is 336 g/mol. The van der Waals surface area contributed by atoms with Crippen LogP contribution in [0.4, 0.5) is 13.2 Å². The molecule has 0 aliphatic heterocycles. The van der Waals surface area contributed by atoms with Crippen LogP contribution in [-0.4, -0.2) is 13.0 Å². The Labute approximate surface area is 128 Å². The van der Waals surface area contributed by atoms with Gasteiger partial charge in [0, 0.05) is 10.8 Å². The summed E-state index contributed by atoms with van der Waals surface area (Å²) in [5.41, 5.74) is 0. The zero-order valence-electron chi connectivity index (χ0n) is 11.3. The van der Waals surface area contributed by atoms with Crippen LogP contribution in [0.2, 0.25) is 0 Å². The predicted molar refractivity (Wildman–Crippen MR) is 79.8 cm³/mol. The summed E-state index contributed by atoms with van der Waals surface area (Å²) >= 11 is 0. The van der Waals surface area contributed by atoms with Crippen molar-refractivity contribution in [1.29, 1.82) is 0 Å². The van der Waals surface area contributed by atoms with Crippen LogP contribution in [-0.2, 0) is 10.1 Å². The Bertz CT molecular complexity index is 1220. The van der Waals surface area contributed by atoms with Crippen LogP contribution in [0.3, 0.4) is 0 Å². The largest absolute Gasteiger partial charge is 0.298 e. The molecule has 0 unspecified atom stereocenters. The molecule has 0 aromatic heterocycles. The van der Waals surface area contributed by atoms with Gasteiger partial charge in [-0.05, 0) is 22.2 Å². The van der Waals surface area contributed by atoms with Gasteiger partial charge in [-0.3, -0.25) is 4.55 Å². The van der Waals surface area contributed by atoms with Crippen LogP contribution < -0.4 is 0 Å². The van der Waals surface area contributed by atoms with E-state index in [1.165, 1.54) is 12.1 Å². The van der Waals surface area contributed by atoms with Crippen molar-refractivity contribution < 1.29 is 26.1 Å². The SMILES string of the molecule is O=S(=O)(O)c1c(F)c(F)c2c(F)cc3cccc4ccc1c2c43. The molecule has 23 heavy (non-hydrogen) atoms. The summed E-state index contributed by atoms with van der Waals surface area (Å²) in [4.78, 5) is -1.18. The van der Waals surface area contributed by atoms with E-state index in [-0.39, 0.29) is 10.8 Å². The van der Waals surface area contributed by atoms with E-state index in [9.17, 15) is 26.1 Å². The molecule has 4 rings (SSSR count).